The molecule has 0 bridgehead atoms. The van der Waals surface area contributed by atoms with Crippen molar-refractivity contribution in [2.24, 2.45) is 0 Å². The van der Waals surface area contributed by atoms with E-state index in [0.717, 1.165) is 16.5 Å². The van der Waals surface area contributed by atoms with Gasteiger partial charge in [0.25, 0.3) is 5.91 Å². The SMILES string of the molecule is CC(C)(C)c1ccc2cc(C(=O)NCCc3cc(F)cc4c3OCOC4)[nH]c2c1. The smallest absolute Gasteiger partial charge is 0.267 e. The third kappa shape index (κ3) is 4.12. The zero-order chi connectivity index (χ0) is 20.6. The summed E-state index contributed by atoms with van der Waals surface area (Å²) >= 11 is 0. The summed E-state index contributed by atoms with van der Waals surface area (Å²) in [6, 6.07) is 10.9. The number of H-pyrrole nitrogens is 1. The van der Waals surface area contributed by atoms with Gasteiger partial charge in [-0.25, -0.2) is 4.39 Å². The van der Waals surface area contributed by atoms with Gasteiger partial charge in [0, 0.05) is 23.0 Å². The van der Waals surface area contributed by atoms with Crippen LogP contribution in [0.1, 0.15) is 48.0 Å². The minimum absolute atomic E-state index is 0.0406. The molecular weight excluding hydrogens is 371 g/mol. The zero-order valence-corrected chi connectivity index (χ0v) is 16.9. The van der Waals surface area contributed by atoms with Gasteiger partial charge in [-0.1, -0.05) is 32.9 Å². The maximum Gasteiger partial charge on any atom is 0.267 e. The largest absolute Gasteiger partial charge is 0.467 e. The molecule has 3 aromatic rings. The molecule has 0 saturated heterocycles. The lowest BCUT2D eigenvalue weighted by molar-refractivity contribution is -0.0172. The summed E-state index contributed by atoms with van der Waals surface area (Å²) in [7, 11) is 0. The molecule has 2 N–H and O–H groups in total. The van der Waals surface area contributed by atoms with Crippen LogP contribution in [0.25, 0.3) is 10.9 Å². The Morgan fingerprint density at radius 2 is 2.03 bits per heavy atom. The molecule has 1 aliphatic rings. The maximum atomic E-state index is 13.8. The second-order valence-corrected chi connectivity index (χ2v) is 8.40. The fourth-order valence-electron chi connectivity index (χ4n) is 3.56. The quantitative estimate of drug-likeness (QED) is 0.685. The Morgan fingerprint density at radius 3 is 2.83 bits per heavy atom. The predicted octanol–water partition coefficient (Wildman–Crippen LogP) is 4.44. The fraction of sp³-hybridized carbons (Fsp3) is 0.348. The summed E-state index contributed by atoms with van der Waals surface area (Å²) in [6.07, 6.45) is 0.472. The minimum atomic E-state index is -0.329. The number of aromatic amines is 1. The highest BCUT2D eigenvalue weighted by Gasteiger charge is 2.18. The Balaban J connectivity index is 1.45. The van der Waals surface area contributed by atoms with E-state index in [1.807, 2.05) is 12.1 Å². The fourth-order valence-corrected chi connectivity index (χ4v) is 3.56. The van der Waals surface area contributed by atoms with Crippen molar-refractivity contribution in [2.75, 3.05) is 13.3 Å². The lowest BCUT2D eigenvalue weighted by Crippen LogP contribution is -2.26. The van der Waals surface area contributed by atoms with Crippen LogP contribution < -0.4 is 10.1 Å². The molecule has 2 aromatic carbocycles. The summed E-state index contributed by atoms with van der Waals surface area (Å²) in [5, 5.41) is 3.90. The third-order valence-electron chi connectivity index (χ3n) is 5.16. The van der Waals surface area contributed by atoms with Crippen LogP contribution >= 0.6 is 0 Å². The van der Waals surface area contributed by atoms with Crippen molar-refractivity contribution in [3.63, 3.8) is 0 Å². The Kier molecular flexibility index (Phi) is 5.04. The van der Waals surface area contributed by atoms with Crippen molar-refractivity contribution in [2.45, 2.75) is 39.2 Å². The molecule has 0 fully saturated rings. The van der Waals surface area contributed by atoms with Crippen LogP contribution in [0.4, 0.5) is 4.39 Å². The molecule has 0 spiro atoms. The molecule has 5 nitrogen and oxygen atoms in total. The topological polar surface area (TPSA) is 63.4 Å². The van der Waals surface area contributed by atoms with Crippen LogP contribution in [0.15, 0.2) is 36.4 Å². The van der Waals surface area contributed by atoms with Gasteiger partial charge in [-0.2, -0.15) is 0 Å². The molecule has 1 aliphatic heterocycles. The Hall–Kier alpha value is -2.86. The first kappa shape index (κ1) is 19.5. The Labute approximate surface area is 169 Å². The van der Waals surface area contributed by atoms with Gasteiger partial charge in [0.2, 0.25) is 0 Å². The molecule has 1 amide bonds. The highest BCUT2D eigenvalue weighted by molar-refractivity contribution is 5.98. The van der Waals surface area contributed by atoms with Gasteiger partial charge in [0.1, 0.15) is 17.3 Å². The van der Waals surface area contributed by atoms with E-state index < -0.39 is 0 Å². The van der Waals surface area contributed by atoms with Gasteiger partial charge in [0.15, 0.2) is 6.79 Å². The van der Waals surface area contributed by atoms with Gasteiger partial charge in [0.05, 0.1) is 6.61 Å². The summed E-state index contributed by atoms with van der Waals surface area (Å²) in [6.45, 7) is 7.34. The average molecular weight is 396 g/mol. The van der Waals surface area contributed by atoms with Crippen LogP contribution in [-0.2, 0) is 23.2 Å². The molecule has 2 heterocycles. The lowest BCUT2D eigenvalue weighted by atomic mass is 9.87. The molecule has 4 rings (SSSR count). The molecule has 0 unspecified atom stereocenters. The third-order valence-corrected chi connectivity index (χ3v) is 5.16. The van der Waals surface area contributed by atoms with E-state index in [4.69, 9.17) is 9.47 Å². The van der Waals surface area contributed by atoms with Gasteiger partial charge < -0.3 is 19.8 Å². The number of carbonyl (C=O) groups excluding carboxylic acids is 1. The molecule has 0 radical (unpaired) electrons. The zero-order valence-electron chi connectivity index (χ0n) is 16.9. The van der Waals surface area contributed by atoms with E-state index >= 15 is 0 Å². The Morgan fingerprint density at radius 1 is 1.21 bits per heavy atom. The van der Waals surface area contributed by atoms with E-state index in [-0.39, 0.29) is 23.9 Å². The van der Waals surface area contributed by atoms with Crippen molar-refractivity contribution >= 4 is 16.8 Å². The second kappa shape index (κ2) is 7.52. The monoisotopic (exact) mass is 396 g/mol. The van der Waals surface area contributed by atoms with Crippen LogP contribution in [-0.4, -0.2) is 24.2 Å². The van der Waals surface area contributed by atoms with E-state index in [2.05, 4.69) is 43.2 Å². The highest BCUT2D eigenvalue weighted by atomic mass is 19.1. The van der Waals surface area contributed by atoms with Crippen LogP contribution in [0.5, 0.6) is 5.75 Å². The second-order valence-electron chi connectivity index (χ2n) is 8.40. The first-order valence-corrected chi connectivity index (χ1v) is 9.74. The first-order valence-electron chi connectivity index (χ1n) is 9.74. The number of hydrogen-bond acceptors (Lipinski definition) is 3. The number of rotatable bonds is 4. The normalized spacial score (nSPS) is 13.8. The van der Waals surface area contributed by atoms with Crippen LogP contribution in [0.2, 0.25) is 0 Å². The molecule has 152 valence electrons. The van der Waals surface area contributed by atoms with Crippen LogP contribution in [0.3, 0.4) is 0 Å². The minimum Gasteiger partial charge on any atom is -0.467 e. The molecular formula is C23H25FN2O3. The number of carbonyl (C=O) groups is 1. The van der Waals surface area contributed by atoms with Crippen molar-refractivity contribution in [3.8, 4) is 5.75 Å². The number of hydrogen-bond donors (Lipinski definition) is 2. The number of nitrogens with one attached hydrogen (secondary N) is 2. The van der Waals surface area contributed by atoms with E-state index in [1.54, 1.807) is 0 Å². The van der Waals surface area contributed by atoms with E-state index in [0.29, 0.717) is 36.6 Å². The molecule has 29 heavy (non-hydrogen) atoms. The maximum absolute atomic E-state index is 13.8. The summed E-state index contributed by atoms with van der Waals surface area (Å²) in [4.78, 5) is 15.8. The standard InChI is InChI=1S/C23H25FN2O3/c1-23(2,3)17-5-4-14-10-20(26-19(14)11-17)22(27)25-7-6-15-8-18(24)9-16-12-28-13-29-21(15)16/h4-5,8-11,26H,6-7,12-13H2,1-3H3,(H,25,27). The van der Waals surface area contributed by atoms with Crippen LogP contribution in [0, 0.1) is 5.82 Å². The van der Waals surface area contributed by atoms with Gasteiger partial charge >= 0.3 is 0 Å². The predicted molar refractivity (Wildman–Crippen MR) is 110 cm³/mol. The molecule has 0 atom stereocenters. The molecule has 0 saturated carbocycles. The number of fused-ring (bicyclic) bond motifs is 2. The van der Waals surface area contributed by atoms with Crippen molar-refractivity contribution in [3.05, 3.63) is 64.6 Å². The summed E-state index contributed by atoms with van der Waals surface area (Å²) in [5.41, 5.74) is 4.13. The van der Waals surface area contributed by atoms with E-state index in [1.165, 1.54) is 17.7 Å². The number of amides is 1. The first-order chi connectivity index (χ1) is 13.8. The number of benzene rings is 2. The summed E-state index contributed by atoms with van der Waals surface area (Å²) in [5.74, 6) is 0.143. The van der Waals surface area contributed by atoms with Crippen molar-refractivity contribution < 1.29 is 18.7 Å². The molecule has 1 aromatic heterocycles. The number of ether oxygens (including phenoxy) is 2. The van der Waals surface area contributed by atoms with Gasteiger partial charge in [-0.05, 0) is 47.2 Å². The molecule has 0 aliphatic carbocycles. The average Bonchev–Trinajstić information content (AvgIpc) is 3.10. The Bertz CT molecular complexity index is 1070. The highest BCUT2D eigenvalue weighted by Crippen LogP contribution is 2.30. The summed E-state index contributed by atoms with van der Waals surface area (Å²) < 4.78 is 24.6. The van der Waals surface area contributed by atoms with Gasteiger partial charge in [-0.15, -0.1) is 0 Å². The number of halogens is 1. The van der Waals surface area contributed by atoms with Gasteiger partial charge in [-0.3, -0.25) is 4.79 Å². The number of aromatic nitrogens is 1. The lowest BCUT2D eigenvalue weighted by Gasteiger charge is -2.20. The van der Waals surface area contributed by atoms with Crippen molar-refractivity contribution in [1.82, 2.24) is 10.3 Å². The van der Waals surface area contributed by atoms with E-state index in [9.17, 15) is 9.18 Å². The van der Waals surface area contributed by atoms with Crippen molar-refractivity contribution in [1.29, 1.82) is 0 Å². The molecule has 6 heteroatoms.